The molecule has 1 saturated carbocycles. The number of hydrogen-bond donors (Lipinski definition) is 0. The minimum absolute atomic E-state index is 0.257. The molecule has 0 atom stereocenters. The molecule has 0 heteroatoms. The van der Waals surface area contributed by atoms with Crippen molar-refractivity contribution in [2.45, 2.75) is 51.4 Å². The fourth-order valence-electron chi connectivity index (χ4n) is 3.71. The van der Waals surface area contributed by atoms with E-state index >= 15 is 0 Å². The van der Waals surface area contributed by atoms with Crippen LogP contribution in [0.25, 0.3) is 0 Å². The summed E-state index contributed by atoms with van der Waals surface area (Å²) in [6, 6.07) is 11.1. The Bertz CT molecular complexity index is 559. The number of benzene rings is 1. The minimum atomic E-state index is 0.257. The average molecular weight is 264 g/mol. The lowest BCUT2D eigenvalue weighted by molar-refractivity contribution is 0.345. The Morgan fingerprint density at radius 1 is 0.900 bits per heavy atom. The van der Waals surface area contributed by atoms with Crippen molar-refractivity contribution in [1.82, 2.24) is 0 Å². The first kappa shape index (κ1) is 13.4. The van der Waals surface area contributed by atoms with Gasteiger partial charge in [-0.1, -0.05) is 73.4 Å². The molecule has 0 N–H and O–H groups in total. The first-order valence-corrected chi connectivity index (χ1v) is 7.86. The molecule has 0 amide bonds. The van der Waals surface area contributed by atoms with E-state index in [-0.39, 0.29) is 5.41 Å². The first-order chi connectivity index (χ1) is 9.72. The predicted octanol–water partition coefficient (Wildman–Crippen LogP) is 5.72. The van der Waals surface area contributed by atoms with Crippen LogP contribution >= 0.6 is 0 Å². The molecule has 2 aliphatic rings. The van der Waals surface area contributed by atoms with Crippen LogP contribution in [-0.4, -0.2) is 0 Å². The molecule has 0 nitrogen and oxygen atoms in total. The van der Waals surface area contributed by atoms with Crippen molar-refractivity contribution >= 4 is 0 Å². The maximum atomic E-state index is 2.42. The van der Waals surface area contributed by atoms with E-state index in [2.05, 4.69) is 62.4 Å². The van der Waals surface area contributed by atoms with Gasteiger partial charge < -0.3 is 0 Å². The zero-order valence-corrected chi connectivity index (χ0v) is 12.7. The summed E-state index contributed by atoms with van der Waals surface area (Å²) in [5.74, 6) is 0. The Balaban J connectivity index is 2.07. The van der Waals surface area contributed by atoms with Gasteiger partial charge in [0.05, 0.1) is 0 Å². The Morgan fingerprint density at radius 3 is 2.20 bits per heavy atom. The quantitative estimate of drug-likeness (QED) is 0.640. The predicted molar refractivity (Wildman–Crippen MR) is 86.8 cm³/mol. The Labute approximate surface area is 122 Å². The van der Waals surface area contributed by atoms with Crippen molar-refractivity contribution in [2.75, 3.05) is 0 Å². The summed E-state index contributed by atoms with van der Waals surface area (Å²) in [5.41, 5.74) is 6.11. The lowest BCUT2D eigenvalue weighted by Gasteiger charge is -2.39. The summed E-state index contributed by atoms with van der Waals surface area (Å²) >= 11 is 0. The number of allylic oxidation sites excluding steroid dienone is 6. The van der Waals surface area contributed by atoms with Crippen LogP contribution in [0.1, 0.15) is 51.5 Å². The molecule has 0 aliphatic heterocycles. The summed E-state index contributed by atoms with van der Waals surface area (Å²) in [6.07, 6.45) is 13.8. The van der Waals surface area contributed by atoms with E-state index in [9.17, 15) is 0 Å². The summed E-state index contributed by atoms with van der Waals surface area (Å²) in [5, 5.41) is 0. The van der Waals surface area contributed by atoms with Gasteiger partial charge in [-0.3, -0.25) is 0 Å². The van der Waals surface area contributed by atoms with Gasteiger partial charge in [0.1, 0.15) is 0 Å². The van der Waals surface area contributed by atoms with Gasteiger partial charge in [-0.25, -0.2) is 0 Å². The van der Waals surface area contributed by atoms with Crippen LogP contribution in [0.2, 0.25) is 0 Å². The van der Waals surface area contributed by atoms with Crippen LogP contribution in [0.3, 0.4) is 0 Å². The molecular formula is C20H24. The van der Waals surface area contributed by atoms with E-state index in [0.717, 1.165) is 0 Å². The SMILES string of the molecule is CC(C)=C1C=CC(C2(c3ccccc3)CCCCC2)=C1. The van der Waals surface area contributed by atoms with Crippen LogP contribution in [0.4, 0.5) is 0 Å². The summed E-state index contributed by atoms with van der Waals surface area (Å²) in [4.78, 5) is 0. The smallest absolute Gasteiger partial charge is 0.0203 e. The van der Waals surface area contributed by atoms with E-state index in [4.69, 9.17) is 0 Å². The topological polar surface area (TPSA) is 0 Å². The highest BCUT2D eigenvalue weighted by atomic mass is 14.4. The van der Waals surface area contributed by atoms with E-state index in [1.807, 2.05) is 0 Å². The van der Waals surface area contributed by atoms with Crippen molar-refractivity contribution in [1.29, 1.82) is 0 Å². The van der Waals surface area contributed by atoms with E-state index < -0.39 is 0 Å². The number of rotatable bonds is 2. The summed E-state index contributed by atoms with van der Waals surface area (Å²) < 4.78 is 0. The summed E-state index contributed by atoms with van der Waals surface area (Å²) in [7, 11) is 0. The van der Waals surface area contributed by atoms with E-state index in [1.165, 1.54) is 54.4 Å². The van der Waals surface area contributed by atoms with Crippen LogP contribution < -0.4 is 0 Å². The zero-order chi connectivity index (χ0) is 14.0. The fraction of sp³-hybridized carbons (Fsp3) is 0.400. The van der Waals surface area contributed by atoms with Gasteiger partial charge in [0.25, 0.3) is 0 Å². The third kappa shape index (κ3) is 2.28. The standard InChI is InChI=1S/C20H24/c1-16(2)17-11-12-19(15-17)20(13-7-4-8-14-20)18-9-5-3-6-10-18/h3,5-6,9-12,15H,4,7-8,13-14H2,1-2H3. The highest BCUT2D eigenvalue weighted by Gasteiger charge is 2.37. The van der Waals surface area contributed by atoms with Crippen molar-refractivity contribution in [3.05, 3.63) is 70.8 Å². The molecule has 0 aromatic heterocycles. The minimum Gasteiger partial charge on any atom is -0.0692 e. The highest BCUT2D eigenvalue weighted by Crippen LogP contribution is 2.47. The molecule has 1 fully saturated rings. The van der Waals surface area contributed by atoms with Gasteiger partial charge in [0.15, 0.2) is 0 Å². The van der Waals surface area contributed by atoms with Crippen LogP contribution in [0.5, 0.6) is 0 Å². The van der Waals surface area contributed by atoms with Crippen molar-refractivity contribution in [2.24, 2.45) is 0 Å². The molecule has 0 spiro atoms. The fourth-order valence-corrected chi connectivity index (χ4v) is 3.71. The highest BCUT2D eigenvalue weighted by molar-refractivity contribution is 5.54. The van der Waals surface area contributed by atoms with E-state index in [1.54, 1.807) is 0 Å². The normalized spacial score (nSPS) is 20.9. The second-order valence-corrected chi connectivity index (χ2v) is 6.40. The largest absolute Gasteiger partial charge is 0.0692 e. The van der Waals surface area contributed by atoms with Crippen molar-refractivity contribution in [3.63, 3.8) is 0 Å². The molecular weight excluding hydrogens is 240 g/mol. The van der Waals surface area contributed by atoms with Crippen molar-refractivity contribution < 1.29 is 0 Å². The third-order valence-corrected chi connectivity index (χ3v) is 4.92. The second-order valence-electron chi connectivity index (χ2n) is 6.40. The van der Waals surface area contributed by atoms with Crippen LogP contribution in [0, 0.1) is 0 Å². The molecule has 20 heavy (non-hydrogen) atoms. The maximum Gasteiger partial charge on any atom is 0.0203 e. The van der Waals surface area contributed by atoms with Gasteiger partial charge >= 0.3 is 0 Å². The van der Waals surface area contributed by atoms with Gasteiger partial charge in [-0.05, 0) is 43.4 Å². The molecule has 0 saturated heterocycles. The molecule has 0 radical (unpaired) electrons. The Kier molecular flexibility index (Phi) is 3.65. The lowest BCUT2D eigenvalue weighted by Crippen LogP contribution is -2.30. The molecule has 0 heterocycles. The molecule has 1 aromatic carbocycles. The third-order valence-electron chi connectivity index (χ3n) is 4.92. The van der Waals surface area contributed by atoms with E-state index in [0.29, 0.717) is 0 Å². The molecule has 3 rings (SSSR count). The Morgan fingerprint density at radius 2 is 1.60 bits per heavy atom. The molecule has 0 bridgehead atoms. The van der Waals surface area contributed by atoms with Crippen molar-refractivity contribution in [3.8, 4) is 0 Å². The maximum absolute atomic E-state index is 2.42. The number of hydrogen-bond acceptors (Lipinski definition) is 0. The van der Waals surface area contributed by atoms with Gasteiger partial charge in [-0.15, -0.1) is 0 Å². The van der Waals surface area contributed by atoms with Crippen LogP contribution in [-0.2, 0) is 5.41 Å². The Hall–Kier alpha value is -1.56. The zero-order valence-electron chi connectivity index (χ0n) is 12.7. The molecule has 0 unspecified atom stereocenters. The molecule has 1 aromatic rings. The summed E-state index contributed by atoms with van der Waals surface area (Å²) in [6.45, 7) is 4.41. The van der Waals surface area contributed by atoms with Crippen LogP contribution in [0.15, 0.2) is 65.3 Å². The second kappa shape index (κ2) is 5.44. The van der Waals surface area contributed by atoms with Gasteiger partial charge in [0.2, 0.25) is 0 Å². The molecule has 104 valence electrons. The van der Waals surface area contributed by atoms with Gasteiger partial charge in [-0.2, -0.15) is 0 Å². The monoisotopic (exact) mass is 264 g/mol. The average Bonchev–Trinajstić information content (AvgIpc) is 2.99. The molecule has 2 aliphatic carbocycles. The lowest BCUT2D eigenvalue weighted by atomic mass is 9.65. The van der Waals surface area contributed by atoms with Gasteiger partial charge in [0, 0.05) is 5.41 Å². The first-order valence-electron chi connectivity index (χ1n) is 7.86.